The van der Waals surface area contributed by atoms with Crippen LogP contribution >= 0.6 is 46.6 Å². The quantitative estimate of drug-likeness (QED) is 0.448. The summed E-state index contributed by atoms with van der Waals surface area (Å²) in [6.45, 7) is 0. The molecule has 84 valence electrons. The fourth-order valence-corrected chi connectivity index (χ4v) is 2.15. The molecule has 0 amide bonds. The molecule has 0 unspecified atom stereocenters. The lowest BCUT2D eigenvalue weighted by molar-refractivity contribution is 0.942. The van der Waals surface area contributed by atoms with Gasteiger partial charge in [-0.25, -0.2) is 9.97 Å². The van der Waals surface area contributed by atoms with Gasteiger partial charge in [-0.05, 0) is 12.3 Å². The van der Waals surface area contributed by atoms with E-state index >= 15 is 0 Å². The van der Waals surface area contributed by atoms with Crippen molar-refractivity contribution in [2.24, 2.45) is 0 Å². The van der Waals surface area contributed by atoms with Crippen LogP contribution in [-0.4, -0.2) is 16.2 Å². The number of para-hydroxylation sites is 1. The Morgan fingerprint density at radius 2 is 1.81 bits per heavy atom. The summed E-state index contributed by atoms with van der Waals surface area (Å²) in [5.74, 6) is 0.209. The highest BCUT2D eigenvalue weighted by Gasteiger charge is 2.27. The number of hydrogen-bond donors (Lipinski definition) is 0. The normalized spacial score (nSPS) is 12.0. The van der Waals surface area contributed by atoms with E-state index in [0.29, 0.717) is 0 Å². The summed E-state index contributed by atoms with van der Waals surface area (Å²) in [5, 5.41) is 1.78. The number of fused-ring (bicyclic) bond motifs is 1. The molecule has 0 spiro atoms. The zero-order valence-corrected chi connectivity index (χ0v) is 11.3. The maximum Gasteiger partial charge on any atom is 0.250 e. The molecule has 1 aromatic carbocycles. The molecule has 2 rings (SSSR count). The lowest BCUT2D eigenvalue weighted by Crippen LogP contribution is -2.08. The molecule has 0 bridgehead atoms. The molecule has 2 nitrogen and oxygen atoms in total. The number of halogens is 3. The van der Waals surface area contributed by atoms with Gasteiger partial charge in [0.05, 0.1) is 5.52 Å². The molecule has 1 heterocycles. The molecule has 0 aliphatic carbocycles. The number of rotatable bonds is 1. The van der Waals surface area contributed by atoms with Gasteiger partial charge in [-0.3, -0.25) is 0 Å². The third kappa shape index (κ3) is 2.38. The Labute approximate surface area is 112 Å². The van der Waals surface area contributed by atoms with E-state index < -0.39 is 3.79 Å². The average molecular weight is 294 g/mol. The summed E-state index contributed by atoms with van der Waals surface area (Å²) in [5.41, 5.74) is 0.781. The summed E-state index contributed by atoms with van der Waals surface area (Å²) in [4.78, 5) is 8.48. The molecule has 2 aromatic rings. The van der Waals surface area contributed by atoms with Crippen LogP contribution in [0.15, 0.2) is 29.3 Å². The van der Waals surface area contributed by atoms with Gasteiger partial charge < -0.3 is 0 Å². The van der Waals surface area contributed by atoms with Crippen LogP contribution in [0, 0.1) is 0 Å². The van der Waals surface area contributed by atoms with E-state index in [9.17, 15) is 0 Å². The van der Waals surface area contributed by atoms with E-state index in [2.05, 4.69) is 9.97 Å². The zero-order chi connectivity index (χ0) is 11.8. The highest BCUT2D eigenvalue weighted by atomic mass is 35.6. The third-order valence-corrected chi connectivity index (χ3v) is 3.22. The van der Waals surface area contributed by atoms with Gasteiger partial charge in [-0.1, -0.05) is 53.0 Å². The fraction of sp³-hybridized carbons (Fsp3) is 0.200. The molecule has 0 atom stereocenters. The number of nitrogens with zero attached hydrogens (tertiary/aromatic N) is 2. The summed E-state index contributed by atoms with van der Waals surface area (Å²) in [6.07, 6.45) is 1.93. The van der Waals surface area contributed by atoms with E-state index in [1.54, 1.807) is 0 Å². The Balaban J connectivity index is 2.73. The molecule has 0 saturated heterocycles. The van der Waals surface area contributed by atoms with E-state index in [1.165, 1.54) is 11.8 Å². The molecule has 0 saturated carbocycles. The monoisotopic (exact) mass is 292 g/mol. The number of hydrogen-bond acceptors (Lipinski definition) is 3. The molecular weight excluding hydrogens is 287 g/mol. The minimum absolute atomic E-state index is 0.209. The first-order valence-corrected chi connectivity index (χ1v) is 6.76. The SMILES string of the molecule is CSc1nc(C(Cl)(Cl)Cl)nc2ccccc12. The molecule has 0 fully saturated rings. The fourth-order valence-electron chi connectivity index (χ4n) is 1.33. The molecule has 0 radical (unpaired) electrons. The molecule has 1 aromatic heterocycles. The second kappa shape index (κ2) is 4.57. The van der Waals surface area contributed by atoms with Gasteiger partial charge in [0.2, 0.25) is 3.79 Å². The van der Waals surface area contributed by atoms with Gasteiger partial charge in [-0.15, -0.1) is 11.8 Å². The molecule has 16 heavy (non-hydrogen) atoms. The second-order valence-corrected chi connectivity index (χ2v) is 6.15. The number of thioether (sulfide) groups is 1. The minimum atomic E-state index is -1.59. The van der Waals surface area contributed by atoms with Crippen molar-refractivity contribution in [2.75, 3.05) is 6.26 Å². The number of alkyl halides is 3. The van der Waals surface area contributed by atoms with E-state index in [1.807, 2.05) is 30.5 Å². The van der Waals surface area contributed by atoms with Crippen LogP contribution in [0.5, 0.6) is 0 Å². The van der Waals surface area contributed by atoms with Gasteiger partial charge in [0.15, 0.2) is 5.82 Å². The number of aromatic nitrogens is 2. The average Bonchev–Trinajstić information content (AvgIpc) is 2.26. The van der Waals surface area contributed by atoms with Gasteiger partial charge in [0, 0.05) is 5.39 Å². The summed E-state index contributed by atoms with van der Waals surface area (Å²) < 4.78 is -1.59. The Morgan fingerprint density at radius 3 is 2.44 bits per heavy atom. The first-order chi connectivity index (χ1) is 7.52. The maximum absolute atomic E-state index is 5.78. The lowest BCUT2D eigenvalue weighted by atomic mass is 10.2. The summed E-state index contributed by atoms with van der Waals surface area (Å²) in [6, 6.07) is 7.64. The van der Waals surface area contributed by atoms with Gasteiger partial charge in [-0.2, -0.15) is 0 Å². The maximum atomic E-state index is 5.78. The van der Waals surface area contributed by atoms with Crippen LogP contribution in [-0.2, 0) is 3.79 Å². The Bertz CT molecular complexity index is 525. The van der Waals surface area contributed by atoms with Gasteiger partial charge in [0.25, 0.3) is 0 Å². The van der Waals surface area contributed by atoms with Crippen molar-refractivity contribution in [3.05, 3.63) is 30.1 Å². The standard InChI is InChI=1S/C10H7Cl3N2S/c1-16-8-6-4-2-3-5-7(6)14-9(15-8)10(11,12)13/h2-5H,1H3. The minimum Gasteiger partial charge on any atom is -0.228 e. The van der Waals surface area contributed by atoms with Crippen LogP contribution in [0.1, 0.15) is 5.82 Å². The van der Waals surface area contributed by atoms with Crippen molar-refractivity contribution in [3.8, 4) is 0 Å². The lowest BCUT2D eigenvalue weighted by Gasteiger charge is -2.11. The zero-order valence-electron chi connectivity index (χ0n) is 8.25. The van der Waals surface area contributed by atoms with Crippen LogP contribution in [0.3, 0.4) is 0 Å². The van der Waals surface area contributed by atoms with Crippen LogP contribution in [0.25, 0.3) is 10.9 Å². The molecular formula is C10H7Cl3N2S. The van der Waals surface area contributed by atoms with E-state index in [-0.39, 0.29) is 5.82 Å². The van der Waals surface area contributed by atoms with Crippen LogP contribution in [0.4, 0.5) is 0 Å². The molecule has 6 heteroatoms. The Morgan fingerprint density at radius 1 is 1.12 bits per heavy atom. The van der Waals surface area contributed by atoms with Crippen molar-refractivity contribution in [2.45, 2.75) is 8.82 Å². The van der Waals surface area contributed by atoms with Gasteiger partial charge >= 0.3 is 0 Å². The summed E-state index contributed by atoms with van der Waals surface area (Å²) in [7, 11) is 0. The highest BCUT2D eigenvalue weighted by Crippen LogP contribution is 2.37. The Kier molecular flexibility index (Phi) is 3.50. The Hall–Kier alpha value is -0.220. The van der Waals surface area contributed by atoms with E-state index in [4.69, 9.17) is 34.8 Å². The van der Waals surface area contributed by atoms with Gasteiger partial charge in [0.1, 0.15) is 5.03 Å². The van der Waals surface area contributed by atoms with Crippen molar-refractivity contribution in [1.82, 2.24) is 9.97 Å². The first kappa shape index (κ1) is 12.2. The highest BCUT2D eigenvalue weighted by molar-refractivity contribution is 7.98. The topological polar surface area (TPSA) is 25.8 Å². The molecule has 0 N–H and O–H groups in total. The van der Waals surface area contributed by atoms with Crippen molar-refractivity contribution >= 4 is 57.5 Å². The second-order valence-electron chi connectivity index (χ2n) is 3.07. The largest absolute Gasteiger partial charge is 0.250 e. The predicted octanol–water partition coefficient (Wildman–Crippen LogP) is 4.18. The predicted molar refractivity (Wildman–Crippen MR) is 70.6 cm³/mol. The number of benzene rings is 1. The first-order valence-electron chi connectivity index (χ1n) is 4.40. The van der Waals surface area contributed by atoms with Crippen LogP contribution in [0.2, 0.25) is 0 Å². The molecule has 0 aliphatic heterocycles. The van der Waals surface area contributed by atoms with Crippen molar-refractivity contribution in [1.29, 1.82) is 0 Å². The van der Waals surface area contributed by atoms with E-state index in [0.717, 1.165) is 15.9 Å². The summed E-state index contributed by atoms with van der Waals surface area (Å²) >= 11 is 18.9. The van der Waals surface area contributed by atoms with Crippen LogP contribution < -0.4 is 0 Å². The third-order valence-electron chi connectivity index (χ3n) is 2.02. The van der Waals surface area contributed by atoms with Crippen molar-refractivity contribution in [3.63, 3.8) is 0 Å². The molecule has 0 aliphatic rings. The van der Waals surface area contributed by atoms with Crippen molar-refractivity contribution < 1.29 is 0 Å². The smallest absolute Gasteiger partial charge is 0.228 e.